The molecule has 1 saturated carbocycles. The summed E-state index contributed by atoms with van der Waals surface area (Å²) in [5.41, 5.74) is 4.52. The van der Waals surface area contributed by atoms with Crippen LogP contribution in [-0.2, 0) is 16.0 Å². The van der Waals surface area contributed by atoms with Gasteiger partial charge < -0.3 is 10.4 Å². The first-order valence-corrected chi connectivity index (χ1v) is 11.9. The number of anilines is 1. The van der Waals surface area contributed by atoms with Gasteiger partial charge in [-0.05, 0) is 65.8 Å². The smallest absolute Gasteiger partial charge is 0.328 e. The van der Waals surface area contributed by atoms with Gasteiger partial charge in [0.05, 0.1) is 17.0 Å². The number of benzene rings is 3. The number of nitrogens with one attached hydrogen (secondary N) is 1. The largest absolute Gasteiger partial charge is 0.478 e. The summed E-state index contributed by atoms with van der Waals surface area (Å²) in [6.45, 7) is 0. The first-order valence-electron chi connectivity index (χ1n) is 11.9. The minimum atomic E-state index is -1.01. The molecule has 0 aliphatic heterocycles. The molecule has 0 atom stereocenters. The molecule has 1 amide bonds. The van der Waals surface area contributed by atoms with Crippen LogP contribution < -0.4 is 5.32 Å². The van der Waals surface area contributed by atoms with Crippen molar-refractivity contribution in [1.82, 2.24) is 0 Å². The van der Waals surface area contributed by atoms with Gasteiger partial charge in [0.15, 0.2) is 0 Å². The van der Waals surface area contributed by atoms with Crippen LogP contribution in [0.1, 0.15) is 48.8 Å². The van der Waals surface area contributed by atoms with E-state index in [9.17, 15) is 14.9 Å². The van der Waals surface area contributed by atoms with Gasteiger partial charge in [-0.2, -0.15) is 5.26 Å². The summed E-state index contributed by atoms with van der Waals surface area (Å²) < 4.78 is 0. The second-order valence-corrected chi connectivity index (χ2v) is 9.12. The SMILES string of the molecule is N#Cc1ccccc1-c1ccc(CC2(C(=O)Nc3cccc(/C=C/C(=O)O)c3)CCCCC2)cc1. The van der Waals surface area contributed by atoms with Crippen molar-refractivity contribution >= 4 is 23.6 Å². The molecule has 1 fully saturated rings. The summed E-state index contributed by atoms with van der Waals surface area (Å²) in [5, 5.41) is 21.4. The molecule has 0 radical (unpaired) electrons. The molecule has 0 saturated heterocycles. The number of hydrogen-bond acceptors (Lipinski definition) is 3. The Bertz CT molecular complexity index is 1280. The summed E-state index contributed by atoms with van der Waals surface area (Å²) in [4.78, 5) is 24.4. The molecule has 0 aromatic heterocycles. The van der Waals surface area contributed by atoms with Crippen molar-refractivity contribution in [3.63, 3.8) is 0 Å². The number of carbonyl (C=O) groups is 2. The Kier molecular flexibility index (Phi) is 7.42. The summed E-state index contributed by atoms with van der Waals surface area (Å²) in [5.74, 6) is -1.00. The van der Waals surface area contributed by atoms with E-state index in [-0.39, 0.29) is 5.91 Å². The number of hydrogen-bond donors (Lipinski definition) is 2. The monoisotopic (exact) mass is 464 g/mol. The van der Waals surface area contributed by atoms with Crippen LogP contribution in [-0.4, -0.2) is 17.0 Å². The van der Waals surface area contributed by atoms with E-state index < -0.39 is 11.4 Å². The number of amides is 1. The second kappa shape index (κ2) is 10.8. The quantitative estimate of drug-likeness (QED) is 0.393. The third-order valence-electron chi connectivity index (χ3n) is 6.71. The zero-order chi connectivity index (χ0) is 24.7. The molecule has 5 nitrogen and oxygen atoms in total. The number of carboxylic acid groups (broad SMARTS) is 1. The number of carboxylic acids is 1. The van der Waals surface area contributed by atoms with Crippen LogP contribution in [0, 0.1) is 16.7 Å². The molecule has 4 rings (SSSR count). The molecule has 0 bridgehead atoms. The van der Waals surface area contributed by atoms with E-state index in [1.54, 1.807) is 12.1 Å². The van der Waals surface area contributed by atoms with Crippen LogP contribution in [0.15, 0.2) is 78.9 Å². The van der Waals surface area contributed by atoms with Crippen molar-refractivity contribution in [3.8, 4) is 17.2 Å². The molecule has 3 aromatic rings. The molecule has 2 N–H and O–H groups in total. The summed E-state index contributed by atoms with van der Waals surface area (Å²) in [6.07, 6.45) is 8.08. The molecule has 0 spiro atoms. The van der Waals surface area contributed by atoms with Gasteiger partial charge in [-0.1, -0.05) is 73.9 Å². The van der Waals surface area contributed by atoms with Gasteiger partial charge >= 0.3 is 5.97 Å². The minimum Gasteiger partial charge on any atom is -0.478 e. The number of rotatable bonds is 7. The van der Waals surface area contributed by atoms with Crippen molar-refractivity contribution < 1.29 is 14.7 Å². The number of carbonyl (C=O) groups excluding carboxylic acids is 1. The molecule has 5 heteroatoms. The maximum atomic E-state index is 13.6. The van der Waals surface area contributed by atoms with Crippen LogP contribution >= 0.6 is 0 Å². The molecule has 1 aliphatic rings. The van der Waals surface area contributed by atoms with E-state index in [0.29, 0.717) is 17.7 Å². The fourth-order valence-corrected chi connectivity index (χ4v) is 4.89. The van der Waals surface area contributed by atoms with Crippen molar-refractivity contribution in [2.24, 2.45) is 5.41 Å². The molecule has 3 aromatic carbocycles. The van der Waals surface area contributed by atoms with Gasteiger partial charge in [0.1, 0.15) is 0 Å². The van der Waals surface area contributed by atoms with Crippen molar-refractivity contribution in [3.05, 3.63) is 95.6 Å². The van der Waals surface area contributed by atoms with E-state index in [1.165, 1.54) is 6.08 Å². The Labute approximate surface area is 205 Å². The summed E-state index contributed by atoms with van der Waals surface area (Å²) in [7, 11) is 0. The molecule has 1 aliphatic carbocycles. The highest BCUT2D eigenvalue weighted by molar-refractivity contribution is 5.96. The molecular weight excluding hydrogens is 436 g/mol. The number of aliphatic carboxylic acids is 1. The fraction of sp³-hybridized carbons (Fsp3) is 0.233. The third kappa shape index (κ3) is 5.85. The molecule has 0 unspecified atom stereocenters. The Balaban J connectivity index is 1.54. The van der Waals surface area contributed by atoms with E-state index in [0.717, 1.165) is 60.4 Å². The van der Waals surface area contributed by atoms with Gasteiger partial charge in [0.25, 0.3) is 0 Å². The molecule has 0 heterocycles. The molecule has 176 valence electrons. The Hall–Kier alpha value is -4.17. The van der Waals surface area contributed by atoms with Crippen LogP contribution in [0.2, 0.25) is 0 Å². The topological polar surface area (TPSA) is 90.2 Å². The average molecular weight is 465 g/mol. The van der Waals surface area contributed by atoms with Crippen molar-refractivity contribution in [2.75, 3.05) is 5.32 Å². The highest BCUT2D eigenvalue weighted by Gasteiger charge is 2.39. The number of nitrogens with zero attached hydrogens (tertiary/aromatic N) is 1. The lowest BCUT2D eigenvalue weighted by Crippen LogP contribution is -2.40. The van der Waals surface area contributed by atoms with Crippen molar-refractivity contribution in [1.29, 1.82) is 5.26 Å². The molecule has 35 heavy (non-hydrogen) atoms. The second-order valence-electron chi connectivity index (χ2n) is 9.12. The average Bonchev–Trinajstić information content (AvgIpc) is 2.88. The lowest BCUT2D eigenvalue weighted by molar-refractivity contribution is -0.131. The van der Waals surface area contributed by atoms with Crippen LogP contribution in [0.25, 0.3) is 17.2 Å². The van der Waals surface area contributed by atoms with E-state index >= 15 is 0 Å². The maximum absolute atomic E-state index is 13.6. The molecular formula is C30H28N2O3. The predicted octanol–water partition coefficient (Wildman–Crippen LogP) is 6.45. The van der Waals surface area contributed by atoms with E-state index in [2.05, 4.69) is 23.5 Å². The van der Waals surface area contributed by atoms with E-state index in [1.807, 2.05) is 48.5 Å². The zero-order valence-electron chi connectivity index (χ0n) is 19.5. The Morgan fingerprint density at radius 3 is 2.43 bits per heavy atom. The normalized spacial score (nSPS) is 14.8. The lowest BCUT2D eigenvalue weighted by Gasteiger charge is -2.36. The Morgan fingerprint density at radius 1 is 0.971 bits per heavy atom. The highest BCUT2D eigenvalue weighted by Crippen LogP contribution is 2.41. The lowest BCUT2D eigenvalue weighted by atomic mass is 9.69. The van der Waals surface area contributed by atoms with Crippen molar-refractivity contribution in [2.45, 2.75) is 38.5 Å². The first-order chi connectivity index (χ1) is 17.0. The summed E-state index contributed by atoms with van der Waals surface area (Å²) in [6, 6.07) is 25.2. The van der Waals surface area contributed by atoms with E-state index in [4.69, 9.17) is 5.11 Å². The zero-order valence-corrected chi connectivity index (χ0v) is 19.5. The Morgan fingerprint density at radius 2 is 1.71 bits per heavy atom. The van der Waals surface area contributed by atoms with Crippen LogP contribution in [0.4, 0.5) is 5.69 Å². The van der Waals surface area contributed by atoms with Gasteiger partial charge in [0.2, 0.25) is 5.91 Å². The van der Waals surface area contributed by atoms with Gasteiger partial charge in [-0.25, -0.2) is 4.79 Å². The van der Waals surface area contributed by atoms with Crippen LogP contribution in [0.3, 0.4) is 0 Å². The standard InChI is InChI=1S/C30H28N2O3/c31-21-25-8-2-3-10-27(25)24-14-11-23(12-15-24)20-30(17-4-1-5-18-30)29(35)32-26-9-6-7-22(19-26)13-16-28(33)34/h2-3,6-16,19H,1,4-5,17-18,20H2,(H,32,35)(H,33,34)/b16-13+. The minimum absolute atomic E-state index is 0.00969. The van der Waals surface area contributed by atoms with Gasteiger partial charge in [-0.3, -0.25) is 4.79 Å². The number of nitriles is 1. The van der Waals surface area contributed by atoms with Crippen LogP contribution in [0.5, 0.6) is 0 Å². The fourth-order valence-electron chi connectivity index (χ4n) is 4.89. The summed E-state index contributed by atoms with van der Waals surface area (Å²) >= 11 is 0. The van der Waals surface area contributed by atoms with Gasteiger partial charge in [-0.15, -0.1) is 0 Å². The maximum Gasteiger partial charge on any atom is 0.328 e. The first kappa shape index (κ1) is 24.0. The third-order valence-corrected chi connectivity index (χ3v) is 6.71. The highest BCUT2D eigenvalue weighted by atomic mass is 16.4. The predicted molar refractivity (Wildman–Crippen MR) is 138 cm³/mol. The van der Waals surface area contributed by atoms with Gasteiger partial charge in [0, 0.05) is 11.8 Å².